The van der Waals surface area contributed by atoms with Crippen LogP contribution < -0.4 is 4.90 Å². The Hall–Kier alpha value is -2.27. The number of anilines is 1. The minimum absolute atomic E-state index is 0.0487. The summed E-state index contributed by atoms with van der Waals surface area (Å²) in [5.74, 6) is 0.168. The summed E-state index contributed by atoms with van der Waals surface area (Å²) in [6, 6.07) is 3.72. The van der Waals surface area contributed by atoms with Gasteiger partial charge in [0, 0.05) is 18.2 Å². The number of aromatic nitrogens is 3. The first-order valence-electron chi connectivity index (χ1n) is 7.97. The van der Waals surface area contributed by atoms with E-state index in [9.17, 15) is 18.0 Å². The van der Waals surface area contributed by atoms with Crippen LogP contribution in [0.4, 0.5) is 18.3 Å². The van der Waals surface area contributed by atoms with Crippen molar-refractivity contribution < 1.29 is 22.5 Å². The summed E-state index contributed by atoms with van der Waals surface area (Å²) in [5.41, 5.74) is 0.571. The Morgan fingerprint density at radius 3 is 2.74 bits per heavy atom. The standard InChI is InChI=1S/C16H15F3N4O2S2/c1-10-8-27-15(20-10)23(9-16(17,18)19)13(24)6-2-5-12-21-14(22-25-12)11-4-3-7-26-11/h3-4,7-8H,2,5-6,9H2,1H3. The van der Waals surface area contributed by atoms with Crippen molar-refractivity contribution in [2.45, 2.75) is 32.4 Å². The number of thiophene rings is 1. The second-order valence-corrected chi connectivity index (χ2v) is 7.49. The lowest BCUT2D eigenvalue weighted by Crippen LogP contribution is -2.39. The smallest absolute Gasteiger partial charge is 0.339 e. The Kier molecular flexibility index (Phi) is 5.90. The van der Waals surface area contributed by atoms with Crippen LogP contribution in [0.3, 0.4) is 0 Å². The van der Waals surface area contributed by atoms with Crippen LogP contribution in [-0.2, 0) is 11.2 Å². The first-order chi connectivity index (χ1) is 12.8. The fraction of sp³-hybridized carbons (Fsp3) is 0.375. The van der Waals surface area contributed by atoms with Crippen molar-refractivity contribution in [3.63, 3.8) is 0 Å². The Morgan fingerprint density at radius 2 is 2.11 bits per heavy atom. The highest BCUT2D eigenvalue weighted by Crippen LogP contribution is 2.26. The van der Waals surface area contributed by atoms with Crippen molar-refractivity contribution in [1.29, 1.82) is 0 Å². The average Bonchev–Trinajstić information content (AvgIpc) is 3.32. The lowest BCUT2D eigenvalue weighted by atomic mass is 10.2. The molecule has 0 fully saturated rings. The molecule has 0 radical (unpaired) electrons. The average molecular weight is 416 g/mol. The summed E-state index contributed by atoms with van der Waals surface area (Å²) >= 11 is 2.48. The van der Waals surface area contributed by atoms with Crippen molar-refractivity contribution in [3.05, 3.63) is 34.5 Å². The number of carbonyl (C=O) groups excluding carboxylic acids is 1. The van der Waals surface area contributed by atoms with E-state index < -0.39 is 18.6 Å². The fourth-order valence-electron chi connectivity index (χ4n) is 2.30. The third-order valence-electron chi connectivity index (χ3n) is 3.47. The Balaban J connectivity index is 1.59. The number of nitrogens with zero attached hydrogens (tertiary/aromatic N) is 4. The van der Waals surface area contributed by atoms with Gasteiger partial charge in [0.2, 0.25) is 17.6 Å². The zero-order valence-corrected chi connectivity index (χ0v) is 15.8. The van der Waals surface area contributed by atoms with Crippen LogP contribution in [0, 0.1) is 6.92 Å². The predicted octanol–water partition coefficient (Wildman–Crippen LogP) is 4.48. The van der Waals surface area contributed by atoms with Gasteiger partial charge < -0.3 is 4.52 Å². The van der Waals surface area contributed by atoms with Crippen LogP contribution in [0.15, 0.2) is 27.4 Å². The van der Waals surface area contributed by atoms with Gasteiger partial charge in [-0.25, -0.2) is 4.98 Å². The van der Waals surface area contributed by atoms with Crippen LogP contribution in [-0.4, -0.2) is 33.8 Å². The lowest BCUT2D eigenvalue weighted by molar-refractivity contribution is -0.132. The summed E-state index contributed by atoms with van der Waals surface area (Å²) in [4.78, 5) is 22.1. The number of alkyl halides is 3. The molecule has 0 spiro atoms. The number of rotatable bonds is 7. The van der Waals surface area contributed by atoms with E-state index in [2.05, 4.69) is 15.1 Å². The van der Waals surface area contributed by atoms with Crippen LogP contribution in [0.2, 0.25) is 0 Å². The molecule has 0 aromatic carbocycles. The van der Waals surface area contributed by atoms with Crippen molar-refractivity contribution in [2.24, 2.45) is 0 Å². The summed E-state index contributed by atoms with van der Waals surface area (Å²) < 4.78 is 43.6. The van der Waals surface area contributed by atoms with Gasteiger partial charge in [-0.3, -0.25) is 9.69 Å². The van der Waals surface area contributed by atoms with E-state index in [0.717, 1.165) is 16.2 Å². The molecule has 3 aromatic rings. The van der Waals surface area contributed by atoms with Gasteiger partial charge in [-0.05, 0) is 24.8 Å². The molecular formula is C16H15F3N4O2S2. The van der Waals surface area contributed by atoms with Gasteiger partial charge in [0.15, 0.2) is 5.13 Å². The number of thiazole rings is 1. The van der Waals surface area contributed by atoms with Crippen molar-refractivity contribution >= 4 is 33.7 Å². The first kappa shape index (κ1) is 19.5. The van der Waals surface area contributed by atoms with Gasteiger partial charge in [-0.15, -0.1) is 22.7 Å². The predicted molar refractivity (Wildman–Crippen MR) is 95.8 cm³/mol. The van der Waals surface area contributed by atoms with Gasteiger partial charge in [0.1, 0.15) is 6.54 Å². The molecule has 27 heavy (non-hydrogen) atoms. The normalized spacial score (nSPS) is 11.7. The van der Waals surface area contributed by atoms with Crippen molar-refractivity contribution in [2.75, 3.05) is 11.4 Å². The third-order valence-corrected chi connectivity index (χ3v) is 5.31. The second kappa shape index (κ2) is 8.17. The topological polar surface area (TPSA) is 72.1 Å². The molecule has 3 heterocycles. The molecule has 0 aliphatic carbocycles. The number of aryl methyl sites for hydroxylation is 2. The highest BCUT2D eigenvalue weighted by atomic mass is 32.1. The van der Waals surface area contributed by atoms with Crippen LogP contribution in [0.25, 0.3) is 10.7 Å². The minimum atomic E-state index is -4.50. The van der Waals surface area contributed by atoms with Gasteiger partial charge in [0.05, 0.1) is 10.6 Å². The van der Waals surface area contributed by atoms with Gasteiger partial charge in [-0.1, -0.05) is 11.2 Å². The van der Waals surface area contributed by atoms with Crippen molar-refractivity contribution in [1.82, 2.24) is 15.1 Å². The molecule has 0 bridgehead atoms. The van der Waals surface area contributed by atoms with Gasteiger partial charge in [0.25, 0.3) is 0 Å². The summed E-state index contributed by atoms with van der Waals surface area (Å²) in [7, 11) is 0. The minimum Gasteiger partial charge on any atom is -0.339 e. The number of amides is 1. The number of hydrogen-bond acceptors (Lipinski definition) is 7. The zero-order valence-electron chi connectivity index (χ0n) is 14.2. The molecule has 3 rings (SSSR count). The molecule has 0 aliphatic heterocycles. The summed E-state index contributed by atoms with van der Waals surface area (Å²) in [6.07, 6.45) is -3.98. The van der Waals surface area contributed by atoms with E-state index in [0.29, 0.717) is 35.2 Å². The zero-order chi connectivity index (χ0) is 19.4. The van der Waals surface area contributed by atoms with Crippen molar-refractivity contribution in [3.8, 4) is 10.7 Å². The van der Waals surface area contributed by atoms with Crippen LogP contribution >= 0.6 is 22.7 Å². The molecule has 11 heteroatoms. The Morgan fingerprint density at radius 1 is 1.30 bits per heavy atom. The van der Waals surface area contributed by atoms with Crippen LogP contribution in [0.1, 0.15) is 24.4 Å². The molecule has 0 atom stereocenters. The van der Waals surface area contributed by atoms with Gasteiger partial charge in [-0.2, -0.15) is 18.2 Å². The molecule has 3 aromatic heterocycles. The summed E-state index contributed by atoms with van der Waals surface area (Å²) in [6.45, 7) is 0.304. The maximum absolute atomic E-state index is 12.8. The van der Waals surface area contributed by atoms with E-state index in [1.54, 1.807) is 12.3 Å². The number of carbonyl (C=O) groups is 1. The highest BCUT2D eigenvalue weighted by Gasteiger charge is 2.34. The molecule has 1 amide bonds. The maximum Gasteiger partial charge on any atom is 0.406 e. The number of halogens is 3. The van der Waals surface area contributed by atoms with E-state index in [1.165, 1.54) is 11.3 Å². The quantitative estimate of drug-likeness (QED) is 0.568. The molecule has 0 N–H and O–H groups in total. The third kappa shape index (κ3) is 5.36. The molecule has 6 nitrogen and oxygen atoms in total. The second-order valence-electron chi connectivity index (χ2n) is 5.71. The summed E-state index contributed by atoms with van der Waals surface area (Å²) in [5, 5.41) is 7.41. The molecule has 144 valence electrons. The molecule has 0 unspecified atom stereocenters. The van der Waals surface area contributed by atoms with Gasteiger partial charge >= 0.3 is 6.18 Å². The van der Waals surface area contributed by atoms with E-state index in [1.807, 2.05) is 17.5 Å². The monoisotopic (exact) mass is 416 g/mol. The Labute approximate surface area is 160 Å². The molecule has 0 saturated carbocycles. The van der Waals surface area contributed by atoms with Crippen LogP contribution in [0.5, 0.6) is 0 Å². The molecular weight excluding hydrogens is 401 g/mol. The Bertz CT molecular complexity index is 890. The fourth-order valence-corrected chi connectivity index (χ4v) is 3.76. The molecule has 0 saturated heterocycles. The maximum atomic E-state index is 12.8. The highest BCUT2D eigenvalue weighted by molar-refractivity contribution is 7.14. The first-order valence-corrected chi connectivity index (χ1v) is 9.73. The van der Waals surface area contributed by atoms with E-state index in [4.69, 9.17) is 4.52 Å². The van der Waals surface area contributed by atoms with E-state index >= 15 is 0 Å². The SMILES string of the molecule is Cc1csc(N(CC(F)(F)F)C(=O)CCCc2nc(-c3cccs3)no2)n1. The van der Waals surface area contributed by atoms with E-state index in [-0.39, 0.29) is 11.6 Å². The molecule has 0 aliphatic rings. The number of hydrogen-bond donors (Lipinski definition) is 0. The largest absolute Gasteiger partial charge is 0.406 e. The lowest BCUT2D eigenvalue weighted by Gasteiger charge is -2.21.